The van der Waals surface area contributed by atoms with E-state index in [-0.39, 0.29) is 0 Å². The molecule has 0 amide bonds. The number of hydrogen-bond donors (Lipinski definition) is 2. The number of hydrogen-bond acceptors (Lipinski definition) is 4. The highest BCUT2D eigenvalue weighted by molar-refractivity contribution is 6.33. The Bertz CT molecular complexity index is 656. The Hall–Kier alpha value is -2.20. The molecule has 0 aliphatic rings. The van der Waals surface area contributed by atoms with E-state index >= 15 is 0 Å². The Morgan fingerprint density at radius 1 is 1.20 bits per heavy atom. The van der Waals surface area contributed by atoms with E-state index in [1.165, 1.54) is 7.11 Å². The Morgan fingerprint density at radius 2 is 1.95 bits per heavy atom. The van der Waals surface area contributed by atoms with Crippen molar-refractivity contribution in [3.05, 3.63) is 52.5 Å². The first-order valence-corrected chi connectivity index (χ1v) is 6.40. The van der Waals surface area contributed by atoms with Crippen molar-refractivity contribution in [3.63, 3.8) is 0 Å². The Labute approximate surface area is 122 Å². The quantitative estimate of drug-likeness (QED) is 0.667. The Morgan fingerprint density at radius 3 is 2.60 bits per heavy atom. The van der Waals surface area contributed by atoms with Gasteiger partial charge in [0.15, 0.2) is 0 Å². The van der Waals surface area contributed by atoms with Crippen LogP contribution in [0.1, 0.15) is 15.9 Å². The molecule has 4 nitrogen and oxygen atoms in total. The van der Waals surface area contributed by atoms with Crippen molar-refractivity contribution in [2.45, 2.75) is 6.92 Å². The molecule has 0 heterocycles. The molecule has 0 atom stereocenters. The molecule has 0 aliphatic carbocycles. The molecule has 20 heavy (non-hydrogen) atoms. The van der Waals surface area contributed by atoms with E-state index in [1.54, 1.807) is 18.2 Å². The second kappa shape index (κ2) is 5.84. The number of nitrogen functional groups attached to an aromatic ring is 1. The van der Waals surface area contributed by atoms with Crippen LogP contribution in [-0.4, -0.2) is 13.1 Å². The molecule has 0 aromatic heterocycles. The average molecular weight is 291 g/mol. The SMILES string of the molecule is COC(=O)c1ccc(Nc2cc(C)ccc2Cl)c(N)c1. The van der Waals surface area contributed by atoms with Gasteiger partial charge in [0, 0.05) is 0 Å². The highest BCUT2D eigenvalue weighted by atomic mass is 35.5. The number of nitrogens with one attached hydrogen (secondary N) is 1. The summed E-state index contributed by atoms with van der Waals surface area (Å²) in [6, 6.07) is 10.6. The summed E-state index contributed by atoms with van der Waals surface area (Å²) in [6.07, 6.45) is 0. The average Bonchev–Trinajstić information content (AvgIpc) is 2.44. The normalized spacial score (nSPS) is 10.2. The summed E-state index contributed by atoms with van der Waals surface area (Å²) in [4.78, 5) is 11.4. The number of anilines is 3. The fraction of sp³-hybridized carbons (Fsp3) is 0.133. The minimum absolute atomic E-state index is 0.408. The molecule has 0 saturated heterocycles. The zero-order chi connectivity index (χ0) is 14.7. The van der Waals surface area contributed by atoms with Crippen LogP contribution in [0.4, 0.5) is 17.1 Å². The molecule has 2 aromatic rings. The fourth-order valence-corrected chi connectivity index (χ4v) is 1.97. The third kappa shape index (κ3) is 3.03. The summed E-state index contributed by atoms with van der Waals surface area (Å²) in [5.41, 5.74) is 9.33. The van der Waals surface area contributed by atoms with E-state index in [0.717, 1.165) is 11.3 Å². The first kappa shape index (κ1) is 14.2. The summed E-state index contributed by atoms with van der Waals surface area (Å²) in [5.74, 6) is -0.420. The molecule has 0 unspecified atom stereocenters. The van der Waals surface area contributed by atoms with Crippen LogP contribution in [-0.2, 0) is 4.74 Å². The van der Waals surface area contributed by atoms with Gasteiger partial charge in [-0.15, -0.1) is 0 Å². The fourth-order valence-electron chi connectivity index (χ4n) is 1.80. The van der Waals surface area contributed by atoms with Gasteiger partial charge in [-0.25, -0.2) is 4.79 Å². The predicted molar refractivity (Wildman–Crippen MR) is 81.7 cm³/mol. The summed E-state index contributed by atoms with van der Waals surface area (Å²) >= 11 is 6.13. The minimum Gasteiger partial charge on any atom is -0.465 e. The van der Waals surface area contributed by atoms with Crippen molar-refractivity contribution in [3.8, 4) is 0 Å². The lowest BCUT2D eigenvalue weighted by Gasteiger charge is -2.12. The highest BCUT2D eigenvalue weighted by Crippen LogP contribution is 2.29. The van der Waals surface area contributed by atoms with Crippen molar-refractivity contribution in [2.24, 2.45) is 0 Å². The van der Waals surface area contributed by atoms with E-state index in [0.29, 0.717) is 22.0 Å². The molecule has 0 bridgehead atoms. The van der Waals surface area contributed by atoms with Crippen molar-refractivity contribution in [1.29, 1.82) is 0 Å². The molecular weight excluding hydrogens is 276 g/mol. The zero-order valence-electron chi connectivity index (χ0n) is 11.2. The number of esters is 1. The van der Waals surface area contributed by atoms with Crippen LogP contribution in [0.3, 0.4) is 0 Å². The lowest BCUT2D eigenvalue weighted by atomic mass is 10.1. The van der Waals surface area contributed by atoms with Gasteiger partial charge in [0.2, 0.25) is 0 Å². The first-order valence-electron chi connectivity index (χ1n) is 6.02. The minimum atomic E-state index is -0.420. The largest absolute Gasteiger partial charge is 0.465 e. The molecule has 0 fully saturated rings. The van der Waals surface area contributed by atoms with Crippen LogP contribution in [0.15, 0.2) is 36.4 Å². The van der Waals surface area contributed by atoms with Gasteiger partial charge in [0.25, 0.3) is 0 Å². The van der Waals surface area contributed by atoms with Crippen LogP contribution in [0.25, 0.3) is 0 Å². The predicted octanol–water partition coefficient (Wildman–Crippen LogP) is 3.76. The smallest absolute Gasteiger partial charge is 0.337 e. The Kier molecular flexibility index (Phi) is 4.15. The number of benzene rings is 2. The molecular formula is C15H15ClN2O2. The van der Waals surface area contributed by atoms with Gasteiger partial charge in [0.05, 0.1) is 34.8 Å². The monoisotopic (exact) mass is 290 g/mol. The van der Waals surface area contributed by atoms with E-state index in [4.69, 9.17) is 17.3 Å². The van der Waals surface area contributed by atoms with Crippen LogP contribution in [0.5, 0.6) is 0 Å². The lowest BCUT2D eigenvalue weighted by molar-refractivity contribution is 0.0601. The van der Waals surface area contributed by atoms with Gasteiger partial charge in [-0.3, -0.25) is 0 Å². The molecule has 0 aliphatic heterocycles. The third-order valence-electron chi connectivity index (χ3n) is 2.86. The molecule has 104 valence electrons. The second-order valence-corrected chi connectivity index (χ2v) is 4.81. The molecule has 3 N–H and O–H groups in total. The maximum atomic E-state index is 11.4. The standard InChI is InChI=1S/C15H15ClN2O2/c1-9-3-5-11(16)14(7-9)18-13-6-4-10(8-12(13)17)15(19)20-2/h3-8,18H,17H2,1-2H3. The van der Waals surface area contributed by atoms with E-state index in [2.05, 4.69) is 10.1 Å². The summed E-state index contributed by atoms with van der Waals surface area (Å²) < 4.78 is 4.65. The van der Waals surface area contributed by atoms with Gasteiger partial charge < -0.3 is 15.8 Å². The van der Waals surface area contributed by atoms with Gasteiger partial charge >= 0.3 is 5.97 Å². The molecule has 5 heteroatoms. The summed E-state index contributed by atoms with van der Waals surface area (Å²) in [5, 5.41) is 3.76. The van der Waals surface area contributed by atoms with Gasteiger partial charge in [-0.05, 0) is 42.8 Å². The maximum absolute atomic E-state index is 11.4. The number of ether oxygens (including phenoxy) is 1. The maximum Gasteiger partial charge on any atom is 0.337 e. The van der Waals surface area contributed by atoms with Crippen molar-refractivity contribution in [1.82, 2.24) is 0 Å². The first-order chi connectivity index (χ1) is 9.51. The van der Waals surface area contributed by atoms with Crippen molar-refractivity contribution in [2.75, 3.05) is 18.2 Å². The van der Waals surface area contributed by atoms with E-state index < -0.39 is 5.97 Å². The third-order valence-corrected chi connectivity index (χ3v) is 3.19. The molecule has 2 aromatic carbocycles. The molecule has 2 rings (SSSR count). The lowest BCUT2D eigenvalue weighted by Crippen LogP contribution is -2.04. The number of rotatable bonds is 3. The van der Waals surface area contributed by atoms with Crippen molar-refractivity contribution < 1.29 is 9.53 Å². The molecule has 0 spiro atoms. The number of methoxy groups -OCH3 is 1. The molecule has 0 saturated carbocycles. The zero-order valence-corrected chi connectivity index (χ0v) is 12.0. The topological polar surface area (TPSA) is 64.3 Å². The number of halogens is 1. The highest BCUT2D eigenvalue weighted by Gasteiger charge is 2.09. The van der Waals surface area contributed by atoms with E-state index in [1.807, 2.05) is 25.1 Å². The van der Waals surface area contributed by atoms with Gasteiger partial charge in [-0.2, -0.15) is 0 Å². The van der Waals surface area contributed by atoms with Gasteiger partial charge in [0.1, 0.15) is 0 Å². The van der Waals surface area contributed by atoms with Gasteiger partial charge in [-0.1, -0.05) is 17.7 Å². The van der Waals surface area contributed by atoms with Crippen LogP contribution >= 0.6 is 11.6 Å². The number of carbonyl (C=O) groups excluding carboxylic acids is 1. The number of aryl methyl sites for hydroxylation is 1. The summed E-state index contributed by atoms with van der Waals surface area (Å²) in [6.45, 7) is 1.98. The van der Waals surface area contributed by atoms with Crippen molar-refractivity contribution >= 4 is 34.6 Å². The Balaban J connectivity index is 2.30. The number of nitrogens with two attached hydrogens (primary N) is 1. The molecule has 0 radical (unpaired) electrons. The van der Waals surface area contributed by atoms with Crippen LogP contribution in [0, 0.1) is 6.92 Å². The van der Waals surface area contributed by atoms with Crippen LogP contribution < -0.4 is 11.1 Å². The van der Waals surface area contributed by atoms with E-state index in [9.17, 15) is 4.79 Å². The van der Waals surface area contributed by atoms with Crippen LogP contribution in [0.2, 0.25) is 5.02 Å². The summed E-state index contributed by atoms with van der Waals surface area (Å²) in [7, 11) is 1.33. The second-order valence-electron chi connectivity index (χ2n) is 4.40. The number of carbonyl (C=O) groups is 1.